The van der Waals surface area contributed by atoms with Gasteiger partial charge in [-0.05, 0) is 72.8 Å². The molecule has 3 radical (unpaired) electrons. The van der Waals surface area contributed by atoms with Crippen LogP contribution in [0.5, 0.6) is 0 Å². The Morgan fingerprint density at radius 3 is 0.680 bits per heavy atom. The summed E-state index contributed by atoms with van der Waals surface area (Å²) in [6, 6.07) is 21.2. The van der Waals surface area contributed by atoms with Crippen molar-refractivity contribution < 1.29 is 0 Å². The number of hydrogen-bond donors (Lipinski definition) is 3. The first kappa shape index (κ1) is 23.0. The predicted molar refractivity (Wildman–Crippen MR) is 113 cm³/mol. The molecule has 0 aromatic heterocycles. The highest BCUT2D eigenvalue weighted by molar-refractivity contribution is 6.31. The standard InChI is InChI=1S/3C6H6ClN.B/c3*7-5-1-3-6(8)4-2-5;/h3*1-4H,8H2;. The molecular weight excluding hydrogens is 375 g/mol. The van der Waals surface area contributed by atoms with Crippen molar-refractivity contribution in [2.24, 2.45) is 0 Å². The number of nitrogen functional groups attached to an aromatic ring is 3. The van der Waals surface area contributed by atoms with Gasteiger partial charge in [0, 0.05) is 40.5 Å². The summed E-state index contributed by atoms with van der Waals surface area (Å²) in [5.74, 6) is 0. The van der Waals surface area contributed by atoms with E-state index in [-0.39, 0.29) is 8.41 Å². The monoisotopic (exact) mass is 392 g/mol. The predicted octanol–water partition coefficient (Wildman–Crippen LogP) is 5.39. The van der Waals surface area contributed by atoms with E-state index in [1.54, 1.807) is 72.8 Å². The molecule has 0 bridgehead atoms. The van der Waals surface area contributed by atoms with Crippen LogP contribution in [0.4, 0.5) is 17.1 Å². The number of benzene rings is 3. The molecule has 3 nitrogen and oxygen atoms in total. The molecule has 0 saturated carbocycles. The Hall–Kier alpha value is -2.01. The highest BCUT2D eigenvalue weighted by Crippen LogP contribution is 2.10. The molecule has 129 valence electrons. The zero-order valence-electron chi connectivity index (χ0n) is 13.4. The van der Waals surface area contributed by atoms with Crippen molar-refractivity contribution >= 4 is 60.3 Å². The SMILES string of the molecule is Nc1ccc(Cl)cc1.Nc1ccc(Cl)cc1.Nc1ccc(Cl)cc1.[B]. The molecule has 3 aromatic carbocycles. The topological polar surface area (TPSA) is 78.1 Å². The zero-order valence-corrected chi connectivity index (χ0v) is 15.6. The minimum absolute atomic E-state index is 0. The molecule has 0 fully saturated rings. The number of halogens is 3. The van der Waals surface area contributed by atoms with Gasteiger partial charge in [-0.2, -0.15) is 0 Å². The van der Waals surface area contributed by atoms with Gasteiger partial charge in [0.05, 0.1) is 0 Å². The first-order valence-electron chi connectivity index (χ1n) is 6.90. The fraction of sp³-hybridized carbons (Fsp3) is 0. The Morgan fingerprint density at radius 2 is 0.560 bits per heavy atom. The van der Waals surface area contributed by atoms with Gasteiger partial charge >= 0.3 is 0 Å². The van der Waals surface area contributed by atoms with Crippen LogP contribution in [0.2, 0.25) is 15.1 Å². The molecule has 25 heavy (non-hydrogen) atoms. The molecule has 0 saturated heterocycles. The maximum Gasteiger partial charge on any atom is 0.0407 e. The van der Waals surface area contributed by atoms with Crippen LogP contribution in [0.25, 0.3) is 0 Å². The molecule has 3 aromatic rings. The van der Waals surface area contributed by atoms with Gasteiger partial charge < -0.3 is 17.2 Å². The van der Waals surface area contributed by atoms with Crippen LogP contribution in [0, 0.1) is 0 Å². The van der Waals surface area contributed by atoms with Crippen LogP contribution in [0.15, 0.2) is 72.8 Å². The molecule has 0 aliphatic carbocycles. The van der Waals surface area contributed by atoms with Crippen molar-refractivity contribution in [1.82, 2.24) is 0 Å². The lowest BCUT2D eigenvalue weighted by Gasteiger charge is -1.88. The van der Waals surface area contributed by atoms with Crippen LogP contribution < -0.4 is 17.2 Å². The number of anilines is 3. The van der Waals surface area contributed by atoms with E-state index in [1.165, 1.54) is 0 Å². The Bertz CT molecular complexity index is 552. The van der Waals surface area contributed by atoms with E-state index in [0.29, 0.717) is 0 Å². The first-order chi connectivity index (χ1) is 11.4. The maximum absolute atomic E-state index is 5.56. The van der Waals surface area contributed by atoms with Crippen LogP contribution in [0.1, 0.15) is 0 Å². The summed E-state index contributed by atoms with van der Waals surface area (Å²) >= 11 is 16.7. The van der Waals surface area contributed by atoms with Gasteiger partial charge in [-0.1, -0.05) is 34.8 Å². The molecule has 7 heteroatoms. The maximum atomic E-state index is 5.56. The Balaban J connectivity index is 0.000000339. The van der Waals surface area contributed by atoms with Crippen LogP contribution >= 0.6 is 34.8 Å². The molecule has 0 aliphatic rings. The summed E-state index contributed by atoms with van der Waals surface area (Å²) in [6.45, 7) is 0. The summed E-state index contributed by atoms with van der Waals surface area (Å²) in [7, 11) is 0. The molecule has 0 unspecified atom stereocenters. The molecule has 0 atom stereocenters. The van der Waals surface area contributed by atoms with Gasteiger partial charge in [0.15, 0.2) is 0 Å². The lowest BCUT2D eigenvalue weighted by Crippen LogP contribution is -1.80. The quantitative estimate of drug-likeness (QED) is 0.354. The van der Waals surface area contributed by atoms with Gasteiger partial charge in [0.2, 0.25) is 0 Å². The third-order valence-electron chi connectivity index (χ3n) is 2.61. The molecule has 0 heterocycles. The van der Waals surface area contributed by atoms with Gasteiger partial charge in [0.25, 0.3) is 0 Å². The number of hydrogen-bond acceptors (Lipinski definition) is 3. The molecule has 3 rings (SSSR count). The van der Waals surface area contributed by atoms with E-state index >= 15 is 0 Å². The average molecular weight is 394 g/mol. The Kier molecular flexibility index (Phi) is 11.4. The van der Waals surface area contributed by atoms with E-state index in [4.69, 9.17) is 52.0 Å². The summed E-state index contributed by atoms with van der Waals surface area (Å²) < 4.78 is 0. The van der Waals surface area contributed by atoms with Gasteiger partial charge in [-0.3, -0.25) is 0 Å². The van der Waals surface area contributed by atoms with Crippen molar-refractivity contribution in [1.29, 1.82) is 0 Å². The Morgan fingerprint density at radius 1 is 0.400 bits per heavy atom. The van der Waals surface area contributed by atoms with Gasteiger partial charge in [0.1, 0.15) is 0 Å². The minimum Gasteiger partial charge on any atom is -0.399 e. The number of rotatable bonds is 0. The van der Waals surface area contributed by atoms with Crippen molar-refractivity contribution in [3.8, 4) is 0 Å². The first-order valence-corrected chi connectivity index (χ1v) is 8.03. The smallest absolute Gasteiger partial charge is 0.0407 e. The molecule has 6 N–H and O–H groups in total. The largest absolute Gasteiger partial charge is 0.399 e. The second kappa shape index (κ2) is 12.4. The highest BCUT2D eigenvalue weighted by atomic mass is 35.5. The van der Waals surface area contributed by atoms with E-state index in [9.17, 15) is 0 Å². The minimum atomic E-state index is 0. The fourth-order valence-electron chi connectivity index (χ4n) is 1.39. The summed E-state index contributed by atoms with van der Waals surface area (Å²) in [5.41, 5.74) is 18.3. The van der Waals surface area contributed by atoms with E-state index in [1.807, 2.05) is 0 Å². The van der Waals surface area contributed by atoms with Gasteiger partial charge in [-0.15, -0.1) is 0 Å². The second-order valence-corrected chi connectivity index (χ2v) is 5.96. The summed E-state index contributed by atoms with van der Waals surface area (Å²) in [4.78, 5) is 0. The second-order valence-electron chi connectivity index (χ2n) is 4.65. The lowest BCUT2D eigenvalue weighted by molar-refractivity contribution is 1.69. The third kappa shape index (κ3) is 11.2. The normalized spacial score (nSPS) is 8.76. The highest BCUT2D eigenvalue weighted by Gasteiger charge is 1.83. The van der Waals surface area contributed by atoms with Crippen molar-refractivity contribution in [3.63, 3.8) is 0 Å². The molecule has 0 amide bonds. The summed E-state index contributed by atoms with van der Waals surface area (Å²) in [5, 5.41) is 2.16. The zero-order chi connectivity index (χ0) is 17.9. The van der Waals surface area contributed by atoms with E-state index in [0.717, 1.165) is 32.1 Å². The van der Waals surface area contributed by atoms with Crippen LogP contribution in [-0.4, -0.2) is 8.41 Å². The van der Waals surface area contributed by atoms with Crippen molar-refractivity contribution in [2.75, 3.05) is 17.2 Å². The summed E-state index contributed by atoms with van der Waals surface area (Å²) in [6.07, 6.45) is 0. The van der Waals surface area contributed by atoms with E-state index < -0.39 is 0 Å². The van der Waals surface area contributed by atoms with Gasteiger partial charge in [-0.25, -0.2) is 0 Å². The lowest BCUT2D eigenvalue weighted by atomic mass is 10.3. The number of nitrogens with two attached hydrogens (primary N) is 3. The molecular formula is C18H18BCl3N3. The van der Waals surface area contributed by atoms with Crippen LogP contribution in [0.3, 0.4) is 0 Å². The molecule has 0 aliphatic heterocycles. The van der Waals surface area contributed by atoms with Crippen molar-refractivity contribution in [2.45, 2.75) is 0 Å². The average Bonchev–Trinajstić information content (AvgIpc) is 2.57. The third-order valence-corrected chi connectivity index (χ3v) is 3.37. The molecule has 0 spiro atoms. The van der Waals surface area contributed by atoms with Crippen molar-refractivity contribution in [3.05, 3.63) is 87.9 Å². The van der Waals surface area contributed by atoms with E-state index in [2.05, 4.69) is 0 Å². The Labute approximate surface area is 165 Å². The van der Waals surface area contributed by atoms with Crippen LogP contribution in [-0.2, 0) is 0 Å². The fourth-order valence-corrected chi connectivity index (χ4v) is 1.77.